The number of hydrogen-bond donors (Lipinski definition) is 0. The predicted molar refractivity (Wildman–Crippen MR) is 104 cm³/mol. The number of thioether (sulfide) groups is 1. The molecule has 0 heterocycles. The van der Waals surface area contributed by atoms with Crippen LogP contribution in [0.1, 0.15) is 21.5 Å². The molecule has 0 aliphatic carbocycles. The van der Waals surface area contributed by atoms with Crippen molar-refractivity contribution in [2.45, 2.75) is 5.75 Å². The van der Waals surface area contributed by atoms with E-state index < -0.39 is 5.97 Å². The van der Waals surface area contributed by atoms with Crippen LogP contribution >= 0.6 is 35.0 Å². The molecule has 2 rings (SSSR count). The van der Waals surface area contributed by atoms with Crippen molar-refractivity contribution in [1.29, 1.82) is 0 Å². The van der Waals surface area contributed by atoms with Crippen molar-refractivity contribution in [2.24, 2.45) is 0 Å². The lowest BCUT2D eigenvalue weighted by atomic mass is 10.1. The molecule has 4 nitrogen and oxygen atoms in total. The molecule has 0 spiro atoms. The number of hydrogen-bond acceptors (Lipinski definition) is 5. The lowest BCUT2D eigenvalue weighted by Gasteiger charge is -2.10. The third kappa shape index (κ3) is 5.80. The molecule has 7 heteroatoms. The number of carboxylic acid groups (broad SMARTS) is 1. The van der Waals surface area contributed by atoms with Gasteiger partial charge in [0.2, 0.25) is 0 Å². The van der Waals surface area contributed by atoms with E-state index in [1.165, 1.54) is 24.9 Å². The molecule has 0 aromatic heterocycles. The largest absolute Gasteiger partial charge is 0.549 e. The minimum atomic E-state index is -1.14. The summed E-state index contributed by atoms with van der Waals surface area (Å²) in [5.41, 5.74) is 1.89. The van der Waals surface area contributed by atoms with Gasteiger partial charge in [-0.05, 0) is 48.0 Å². The highest BCUT2D eigenvalue weighted by atomic mass is 35.5. The van der Waals surface area contributed by atoms with Gasteiger partial charge in [0.05, 0.1) is 13.1 Å². The Balaban J connectivity index is 2.17. The topological polar surface area (TPSA) is 66.4 Å². The molecule has 0 aliphatic heterocycles. The van der Waals surface area contributed by atoms with Gasteiger partial charge in [0, 0.05) is 32.7 Å². The maximum absolute atomic E-state index is 12.4. The minimum absolute atomic E-state index is 0.129. The van der Waals surface area contributed by atoms with E-state index in [9.17, 15) is 14.7 Å². The highest BCUT2D eigenvalue weighted by molar-refractivity contribution is 7.99. The molecule has 0 fully saturated rings. The number of methoxy groups -OCH3 is 1. The molecule has 0 unspecified atom stereocenters. The average Bonchev–Trinajstić information content (AvgIpc) is 2.60. The van der Waals surface area contributed by atoms with Gasteiger partial charge < -0.3 is 14.6 Å². The van der Waals surface area contributed by atoms with E-state index in [-0.39, 0.29) is 11.5 Å². The highest BCUT2D eigenvalue weighted by Crippen LogP contribution is 2.26. The lowest BCUT2D eigenvalue weighted by Crippen LogP contribution is -2.24. The number of benzene rings is 2. The number of allylic oxidation sites excluding steroid dienone is 1. The Morgan fingerprint density at radius 3 is 2.62 bits per heavy atom. The molecular weight excluding hydrogens is 395 g/mol. The number of carboxylic acids is 1. The van der Waals surface area contributed by atoms with E-state index in [1.807, 2.05) is 0 Å². The summed E-state index contributed by atoms with van der Waals surface area (Å²) in [6, 6.07) is 10.1. The summed E-state index contributed by atoms with van der Waals surface area (Å²) < 4.78 is 5.26. The summed E-state index contributed by atoms with van der Waals surface area (Å²) >= 11 is 13.1. The maximum Gasteiger partial charge on any atom is 0.185 e. The molecular formula is C19H15Cl2O4S-. The first kappa shape index (κ1) is 20.4. The molecule has 26 heavy (non-hydrogen) atoms. The Bertz CT molecular complexity index is 849. The second kappa shape index (κ2) is 9.67. The number of aliphatic carboxylic acids is 1. The first-order chi connectivity index (χ1) is 12.4. The standard InChI is InChI=1S/C19H16Cl2O4S/c1-25-18-7-4-13(8-14(18)10-26-11-19(23)24)17(22)6-3-12-2-5-15(20)9-16(12)21/h2-9H,10-11H2,1H3,(H,23,24)/p-1/b6-3+. The second-order valence-corrected chi connectivity index (χ2v) is 7.08. The van der Waals surface area contributed by atoms with E-state index in [1.54, 1.807) is 42.5 Å². The van der Waals surface area contributed by atoms with E-state index in [2.05, 4.69) is 0 Å². The van der Waals surface area contributed by atoms with Crippen molar-refractivity contribution in [3.8, 4) is 5.75 Å². The van der Waals surface area contributed by atoms with E-state index >= 15 is 0 Å². The number of carbonyl (C=O) groups is 2. The van der Waals surface area contributed by atoms with Gasteiger partial charge in [0.15, 0.2) is 5.78 Å². The summed E-state index contributed by atoms with van der Waals surface area (Å²) in [6.45, 7) is 0. The van der Waals surface area contributed by atoms with Crippen LogP contribution in [0.5, 0.6) is 5.75 Å². The maximum atomic E-state index is 12.4. The molecule has 0 amide bonds. The second-order valence-electron chi connectivity index (χ2n) is 5.25. The minimum Gasteiger partial charge on any atom is -0.549 e. The Morgan fingerprint density at radius 1 is 1.19 bits per heavy atom. The zero-order valence-electron chi connectivity index (χ0n) is 13.8. The van der Waals surface area contributed by atoms with Crippen LogP contribution in [0.25, 0.3) is 6.08 Å². The molecule has 0 N–H and O–H groups in total. The van der Waals surface area contributed by atoms with Gasteiger partial charge in [-0.25, -0.2) is 0 Å². The molecule has 0 radical (unpaired) electrons. The summed E-state index contributed by atoms with van der Waals surface area (Å²) in [5, 5.41) is 11.5. The number of carbonyl (C=O) groups excluding carboxylic acids is 2. The third-order valence-corrected chi connectivity index (χ3v) is 4.94. The van der Waals surface area contributed by atoms with Crippen molar-refractivity contribution in [3.05, 3.63) is 69.2 Å². The van der Waals surface area contributed by atoms with Gasteiger partial charge in [-0.15, -0.1) is 0 Å². The predicted octanol–water partition coefficient (Wildman–Crippen LogP) is 3.88. The van der Waals surface area contributed by atoms with Crippen LogP contribution in [-0.2, 0) is 10.5 Å². The van der Waals surface area contributed by atoms with Crippen LogP contribution < -0.4 is 9.84 Å². The fourth-order valence-electron chi connectivity index (χ4n) is 2.19. The number of ketones is 1. The van der Waals surface area contributed by atoms with Crippen LogP contribution in [0.15, 0.2) is 42.5 Å². The van der Waals surface area contributed by atoms with Crippen LogP contribution in [0.3, 0.4) is 0 Å². The van der Waals surface area contributed by atoms with Crippen molar-refractivity contribution in [2.75, 3.05) is 12.9 Å². The van der Waals surface area contributed by atoms with Gasteiger partial charge in [0.1, 0.15) is 5.75 Å². The molecule has 136 valence electrons. The summed E-state index contributed by atoms with van der Waals surface area (Å²) in [4.78, 5) is 23.0. The SMILES string of the molecule is COc1ccc(C(=O)/C=C/c2ccc(Cl)cc2Cl)cc1CSCC(=O)[O-]. The molecule has 0 bridgehead atoms. The zero-order valence-corrected chi connectivity index (χ0v) is 16.2. The summed E-state index contributed by atoms with van der Waals surface area (Å²) in [6.07, 6.45) is 3.05. The summed E-state index contributed by atoms with van der Waals surface area (Å²) in [7, 11) is 1.52. The van der Waals surface area contributed by atoms with Crippen LogP contribution in [0.4, 0.5) is 0 Å². The average molecular weight is 410 g/mol. The van der Waals surface area contributed by atoms with Crippen molar-refractivity contribution in [3.63, 3.8) is 0 Å². The fraction of sp³-hybridized carbons (Fsp3) is 0.158. The molecule has 0 atom stereocenters. The molecule has 2 aromatic rings. The van der Waals surface area contributed by atoms with Crippen LogP contribution in [0, 0.1) is 0 Å². The molecule has 2 aromatic carbocycles. The number of ether oxygens (including phenoxy) is 1. The van der Waals surface area contributed by atoms with Gasteiger partial charge in [-0.3, -0.25) is 4.79 Å². The van der Waals surface area contributed by atoms with Crippen LogP contribution in [-0.4, -0.2) is 24.6 Å². The highest BCUT2D eigenvalue weighted by Gasteiger charge is 2.09. The van der Waals surface area contributed by atoms with E-state index in [0.717, 1.165) is 5.56 Å². The first-order valence-electron chi connectivity index (χ1n) is 7.52. The molecule has 0 saturated heterocycles. The zero-order chi connectivity index (χ0) is 19.1. The Kier molecular flexibility index (Phi) is 7.57. The van der Waals surface area contributed by atoms with Gasteiger partial charge in [-0.1, -0.05) is 29.3 Å². The number of rotatable bonds is 8. The normalized spacial score (nSPS) is 10.9. The Hall–Kier alpha value is -1.95. The Labute approximate surface area is 165 Å². The van der Waals surface area contributed by atoms with Gasteiger partial charge in [0.25, 0.3) is 0 Å². The molecule has 0 saturated carbocycles. The smallest absolute Gasteiger partial charge is 0.185 e. The monoisotopic (exact) mass is 409 g/mol. The Morgan fingerprint density at radius 2 is 1.96 bits per heavy atom. The quantitative estimate of drug-likeness (QED) is 0.488. The van der Waals surface area contributed by atoms with Crippen molar-refractivity contribution < 1.29 is 19.4 Å². The van der Waals surface area contributed by atoms with Crippen molar-refractivity contribution in [1.82, 2.24) is 0 Å². The first-order valence-corrected chi connectivity index (χ1v) is 9.43. The van der Waals surface area contributed by atoms with Gasteiger partial charge in [-0.2, -0.15) is 11.8 Å². The van der Waals surface area contributed by atoms with E-state index in [0.29, 0.717) is 32.7 Å². The van der Waals surface area contributed by atoms with Gasteiger partial charge >= 0.3 is 0 Å². The fourth-order valence-corrected chi connectivity index (χ4v) is 3.37. The molecule has 0 aliphatic rings. The third-order valence-electron chi connectivity index (χ3n) is 3.42. The van der Waals surface area contributed by atoms with Crippen molar-refractivity contribution >= 4 is 52.8 Å². The number of halogens is 2. The lowest BCUT2D eigenvalue weighted by molar-refractivity contribution is -0.301. The van der Waals surface area contributed by atoms with E-state index in [4.69, 9.17) is 27.9 Å². The van der Waals surface area contributed by atoms with Crippen LogP contribution in [0.2, 0.25) is 10.0 Å². The summed E-state index contributed by atoms with van der Waals surface area (Å²) in [5.74, 6) is -0.479.